The minimum atomic E-state index is -0.363. The van der Waals surface area contributed by atoms with Gasteiger partial charge < -0.3 is 9.47 Å². The lowest BCUT2D eigenvalue weighted by Gasteiger charge is -2.15. The molecule has 0 radical (unpaired) electrons. The van der Waals surface area contributed by atoms with E-state index in [1.807, 2.05) is 24.3 Å². The van der Waals surface area contributed by atoms with Gasteiger partial charge in [0.1, 0.15) is 6.10 Å². The van der Waals surface area contributed by atoms with E-state index < -0.39 is 0 Å². The molecule has 2 rings (SSSR count). The average Bonchev–Trinajstić information content (AvgIpc) is 2.48. The van der Waals surface area contributed by atoms with Gasteiger partial charge in [0.2, 0.25) is 0 Å². The number of nitrogens with zero attached hydrogens (tertiary/aromatic N) is 1. The van der Waals surface area contributed by atoms with Gasteiger partial charge in [0.15, 0.2) is 0 Å². The van der Waals surface area contributed by atoms with Gasteiger partial charge in [-0.15, -0.1) is 0 Å². The van der Waals surface area contributed by atoms with Gasteiger partial charge in [-0.25, -0.2) is 4.79 Å². The first kappa shape index (κ1) is 13.2. The van der Waals surface area contributed by atoms with E-state index in [2.05, 4.69) is 4.98 Å². The molecular formula is C15H15NO3. The van der Waals surface area contributed by atoms with Crippen LogP contribution in [0.25, 0.3) is 0 Å². The summed E-state index contributed by atoms with van der Waals surface area (Å²) in [4.78, 5) is 15.8. The van der Waals surface area contributed by atoms with Gasteiger partial charge in [-0.3, -0.25) is 4.98 Å². The van der Waals surface area contributed by atoms with Crippen molar-refractivity contribution in [3.05, 3.63) is 65.5 Å². The summed E-state index contributed by atoms with van der Waals surface area (Å²) in [7, 11) is 2.98. The smallest absolute Gasteiger partial charge is 0.337 e. The summed E-state index contributed by atoms with van der Waals surface area (Å²) in [6, 6.07) is 12.8. The van der Waals surface area contributed by atoms with Crippen molar-refractivity contribution in [2.24, 2.45) is 0 Å². The second kappa shape index (κ2) is 6.11. The summed E-state index contributed by atoms with van der Waals surface area (Å²) in [5, 5.41) is 0. The molecule has 0 N–H and O–H groups in total. The Labute approximate surface area is 112 Å². The van der Waals surface area contributed by atoms with Crippen LogP contribution in [0.4, 0.5) is 0 Å². The molecule has 2 aromatic rings. The van der Waals surface area contributed by atoms with Gasteiger partial charge in [0, 0.05) is 13.3 Å². The number of ether oxygens (including phenoxy) is 2. The van der Waals surface area contributed by atoms with Gasteiger partial charge in [0.05, 0.1) is 18.4 Å². The van der Waals surface area contributed by atoms with Gasteiger partial charge in [-0.05, 0) is 29.8 Å². The van der Waals surface area contributed by atoms with Gasteiger partial charge >= 0.3 is 5.97 Å². The predicted molar refractivity (Wildman–Crippen MR) is 70.9 cm³/mol. The minimum Gasteiger partial charge on any atom is -0.465 e. The summed E-state index contributed by atoms with van der Waals surface area (Å²) in [6.45, 7) is 0. The lowest BCUT2D eigenvalue weighted by molar-refractivity contribution is 0.0600. The predicted octanol–water partition coefficient (Wildman–Crippen LogP) is 2.60. The standard InChI is InChI=1S/C15H15NO3/c1-18-14(13-8-3-4-9-16-13)11-6-5-7-12(10-11)15(17)19-2/h3-10,14H,1-2H3. The first-order chi connectivity index (χ1) is 9.26. The summed E-state index contributed by atoms with van der Waals surface area (Å²) < 4.78 is 10.2. The van der Waals surface area contributed by atoms with E-state index >= 15 is 0 Å². The zero-order valence-corrected chi connectivity index (χ0v) is 10.9. The van der Waals surface area contributed by atoms with Crippen molar-refractivity contribution < 1.29 is 14.3 Å². The Hall–Kier alpha value is -2.20. The van der Waals surface area contributed by atoms with Crippen LogP contribution in [0.15, 0.2) is 48.7 Å². The molecule has 0 aliphatic carbocycles. The highest BCUT2D eigenvalue weighted by atomic mass is 16.5. The molecule has 0 spiro atoms. The fraction of sp³-hybridized carbons (Fsp3) is 0.200. The van der Waals surface area contributed by atoms with Crippen LogP contribution in [0.5, 0.6) is 0 Å². The van der Waals surface area contributed by atoms with E-state index in [1.54, 1.807) is 31.5 Å². The highest BCUT2D eigenvalue weighted by molar-refractivity contribution is 5.89. The molecule has 1 aromatic heterocycles. The average molecular weight is 257 g/mol. The van der Waals surface area contributed by atoms with Crippen LogP contribution in [0, 0.1) is 0 Å². The molecule has 4 nitrogen and oxygen atoms in total. The molecule has 98 valence electrons. The number of hydrogen-bond donors (Lipinski definition) is 0. The highest BCUT2D eigenvalue weighted by Crippen LogP contribution is 2.24. The van der Waals surface area contributed by atoms with E-state index in [-0.39, 0.29) is 12.1 Å². The normalized spacial score (nSPS) is 11.9. The molecule has 0 saturated heterocycles. The SMILES string of the molecule is COC(=O)c1cccc(C(OC)c2ccccn2)c1. The summed E-state index contributed by atoms with van der Waals surface area (Å²) >= 11 is 0. The van der Waals surface area contributed by atoms with E-state index in [4.69, 9.17) is 9.47 Å². The van der Waals surface area contributed by atoms with Crippen molar-refractivity contribution in [3.63, 3.8) is 0 Å². The first-order valence-corrected chi connectivity index (χ1v) is 5.88. The number of rotatable bonds is 4. The van der Waals surface area contributed by atoms with Gasteiger partial charge in [-0.2, -0.15) is 0 Å². The van der Waals surface area contributed by atoms with Crippen molar-refractivity contribution in [2.45, 2.75) is 6.10 Å². The minimum absolute atomic E-state index is 0.300. The second-order valence-electron chi connectivity index (χ2n) is 3.99. The highest BCUT2D eigenvalue weighted by Gasteiger charge is 2.16. The second-order valence-corrected chi connectivity index (χ2v) is 3.99. The molecule has 1 aromatic carbocycles. The Bertz CT molecular complexity index is 554. The molecule has 0 saturated carbocycles. The topological polar surface area (TPSA) is 48.4 Å². The zero-order valence-electron chi connectivity index (χ0n) is 10.9. The van der Waals surface area contributed by atoms with Crippen LogP contribution in [-0.4, -0.2) is 25.2 Å². The third-order valence-electron chi connectivity index (χ3n) is 2.80. The van der Waals surface area contributed by atoms with Crippen LogP contribution in [0.1, 0.15) is 27.7 Å². The number of carbonyl (C=O) groups excluding carboxylic acids is 1. The Balaban J connectivity index is 2.36. The molecule has 1 unspecified atom stereocenters. The third-order valence-corrected chi connectivity index (χ3v) is 2.80. The van der Waals surface area contributed by atoms with Crippen LogP contribution in [0.3, 0.4) is 0 Å². The monoisotopic (exact) mass is 257 g/mol. The molecule has 0 amide bonds. The van der Waals surface area contributed by atoms with Crippen LogP contribution in [-0.2, 0) is 9.47 Å². The van der Waals surface area contributed by atoms with E-state index in [0.717, 1.165) is 11.3 Å². The Morgan fingerprint density at radius 2 is 2.00 bits per heavy atom. The van der Waals surface area contributed by atoms with E-state index in [1.165, 1.54) is 7.11 Å². The van der Waals surface area contributed by atoms with Crippen molar-refractivity contribution in [1.82, 2.24) is 4.98 Å². The molecule has 1 atom stereocenters. The Morgan fingerprint density at radius 3 is 2.63 bits per heavy atom. The van der Waals surface area contributed by atoms with Crippen LogP contribution < -0.4 is 0 Å². The third kappa shape index (κ3) is 2.98. The summed E-state index contributed by atoms with van der Waals surface area (Å²) in [6.07, 6.45) is 1.41. The number of carbonyl (C=O) groups is 1. The van der Waals surface area contributed by atoms with Crippen LogP contribution in [0.2, 0.25) is 0 Å². The fourth-order valence-electron chi connectivity index (χ4n) is 1.91. The van der Waals surface area contributed by atoms with Crippen molar-refractivity contribution >= 4 is 5.97 Å². The number of hydrogen-bond acceptors (Lipinski definition) is 4. The molecule has 0 aliphatic rings. The molecule has 0 fully saturated rings. The lowest BCUT2D eigenvalue weighted by atomic mass is 10.0. The maximum absolute atomic E-state index is 11.5. The number of methoxy groups -OCH3 is 2. The first-order valence-electron chi connectivity index (χ1n) is 5.88. The van der Waals surface area contributed by atoms with E-state index in [9.17, 15) is 4.79 Å². The largest absolute Gasteiger partial charge is 0.465 e. The maximum atomic E-state index is 11.5. The van der Waals surface area contributed by atoms with Crippen molar-refractivity contribution in [1.29, 1.82) is 0 Å². The maximum Gasteiger partial charge on any atom is 0.337 e. The fourth-order valence-corrected chi connectivity index (χ4v) is 1.91. The molecule has 19 heavy (non-hydrogen) atoms. The summed E-state index contributed by atoms with van der Waals surface area (Å²) in [5.74, 6) is -0.363. The quantitative estimate of drug-likeness (QED) is 0.790. The number of pyridine rings is 1. The van der Waals surface area contributed by atoms with Gasteiger partial charge in [-0.1, -0.05) is 18.2 Å². The van der Waals surface area contributed by atoms with E-state index in [0.29, 0.717) is 5.56 Å². The number of benzene rings is 1. The molecule has 4 heteroatoms. The zero-order chi connectivity index (χ0) is 13.7. The van der Waals surface area contributed by atoms with Crippen LogP contribution >= 0.6 is 0 Å². The van der Waals surface area contributed by atoms with Gasteiger partial charge in [0.25, 0.3) is 0 Å². The van der Waals surface area contributed by atoms with Crippen molar-refractivity contribution in [2.75, 3.05) is 14.2 Å². The number of esters is 1. The molecule has 0 aliphatic heterocycles. The molecular weight excluding hydrogens is 242 g/mol. The molecule has 1 heterocycles. The Morgan fingerprint density at radius 1 is 1.16 bits per heavy atom. The lowest BCUT2D eigenvalue weighted by Crippen LogP contribution is -2.08. The summed E-state index contributed by atoms with van der Waals surface area (Å²) in [5.41, 5.74) is 2.16. The van der Waals surface area contributed by atoms with Crippen molar-refractivity contribution in [3.8, 4) is 0 Å². The molecule has 0 bridgehead atoms. The number of aromatic nitrogens is 1. The Kier molecular flexibility index (Phi) is 4.26.